The normalized spacial score (nSPS) is 16.5. The summed E-state index contributed by atoms with van der Waals surface area (Å²) >= 11 is 0. The summed E-state index contributed by atoms with van der Waals surface area (Å²) in [6, 6.07) is 3.83. The number of nitrogens with zero attached hydrogens (tertiary/aromatic N) is 7. The topological polar surface area (TPSA) is 120 Å². The number of piperazine rings is 1. The van der Waals surface area contributed by atoms with Crippen molar-refractivity contribution >= 4 is 40.5 Å². The van der Waals surface area contributed by atoms with E-state index in [4.69, 9.17) is 10.1 Å². The van der Waals surface area contributed by atoms with Crippen LogP contribution in [0.1, 0.15) is 47.7 Å². The minimum Gasteiger partial charge on any atom is -0.465 e. The van der Waals surface area contributed by atoms with E-state index in [1.165, 1.54) is 4.90 Å². The van der Waals surface area contributed by atoms with Crippen LogP contribution in [0.4, 0.5) is 22.2 Å². The fourth-order valence-electron chi connectivity index (χ4n) is 5.28. The number of carbonyl (C=O) groups is 2. The average molecular weight is 493 g/mol. The van der Waals surface area contributed by atoms with Crippen LogP contribution in [0.25, 0.3) is 11.0 Å². The number of nitrogens with one attached hydrogen (secondary N) is 1. The molecule has 5 rings (SSSR count). The Labute approximate surface area is 209 Å². The number of rotatable bonds is 5. The van der Waals surface area contributed by atoms with Gasteiger partial charge in [0.05, 0.1) is 29.1 Å². The molecule has 0 atom stereocenters. The molecule has 190 valence electrons. The second-order valence-corrected chi connectivity index (χ2v) is 9.71. The third-order valence-electron chi connectivity index (χ3n) is 7.25. The van der Waals surface area contributed by atoms with Crippen molar-refractivity contribution in [3.63, 3.8) is 0 Å². The van der Waals surface area contributed by atoms with Gasteiger partial charge >= 0.3 is 6.09 Å². The van der Waals surface area contributed by atoms with Gasteiger partial charge in [-0.2, -0.15) is 0 Å². The van der Waals surface area contributed by atoms with E-state index in [9.17, 15) is 9.59 Å². The average Bonchev–Trinajstić information content (AvgIpc) is 3.50. The number of carbonyl (C=O) groups excluding carboxylic acids is 1. The van der Waals surface area contributed by atoms with Crippen molar-refractivity contribution in [3.8, 4) is 0 Å². The number of amides is 2. The van der Waals surface area contributed by atoms with Crippen molar-refractivity contribution in [3.05, 3.63) is 35.8 Å². The maximum Gasteiger partial charge on any atom is 0.407 e. The van der Waals surface area contributed by atoms with Gasteiger partial charge in [0.1, 0.15) is 11.5 Å². The highest BCUT2D eigenvalue weighted by Crippen LogP contribution is 2.40. The van der Waals surface area contributed by atoms with Gasteiger partial charge in [0.2, 0.25) is 5.95 Å². The molecular formula is C25H32N8O3. The first-order chi connectivity index (χ1) is 17.3. The molecule has 11 nitrogen and oxygen atoms in total. The summed E-state index contributed by atoms with van der Waals surface area (Å²) in [5.74, 6) is 1.35. The van der Waals surface area contributed by atoms with Crippen LogP contribution >= 0.6 is 0 Å². The van der Waals surface area contributed by atoms with Gasteiger partial charge in [0, 0.05) is 52.9 Å². The molecule has 0 bridgehead atoms. The van der Waals surface area contributed by atoms with Crippen molar-refractivity contribution in [2.24, 2.45) is 7.05 Å². The highest BCUT2D eigenvalue weighted by atomic mass is 16.4. The SMILES string of the molecule is CN(C)C(=O)c1c(C2CCCC2)c2nc(Nc3ccc(N4CCN(C(=O)O)CC4)cn3)ncc2n1C. The van der Waals surface area contributed by atoms with Crippen molar-refractivity contribution in [1.82, 2.24) is 29.3 Å². The molecular weight excluding hydrogens is 460 g/mol. The monoisotopic (exact) mass is 492 g/mol. The number of fused-ring (bicyclic) bond motifs is 1. The first-order valence-corrected chi connectivity index (χ1v) is 12.4. The fraction of sp³-hybridized carbons (Fsp3) is 0.480. The van der Waals surface area contributed by atoms with Crippen LogP contribution < -0.4 is 10.2 Å². The summed E-state index contributed by atoms with van der Waals surface area (Å²) in [4.78, 5) is 43.3. The number of hydrogen-bond acceptors (Lipinski definition) is 7. The predicted octanol–water partition coefficient (Wildman–Crippen LogP) is 3.27. The van der Waals surface area contributed by atoms with E-state index in [1.807, 2.05) is 23.7 Å². The molecule has 36 heavy (non-hydrogen) atoms. The van der Waals surface area contributed by atoms with Crippen molar-refractivity contribution in [2.45, 2.75) is 31.6 Å². The molecule has 1 aliphatic heterocycles. The molecule has 0 spiro atoms. The minimum absolute atomic E-state index is 0.0200. The number of carboxylic acid groups (broad SMARTS) is 1. The van der Waals surface area contributed by atoms with E-state index in [2.05, 4.69) is 20.2 Å². The number of anilines is 3. The molecule has 0 aromatic carbocycles. The van der Waals surface area contributed by atoms with E-state index in [0.717, 1.165) is 48.0 Å². The maximum absolute atomic E-state index is 13.1. The summed E-state index contributed by atoms with van der Waals surface area (Å²) in [7, 11) is 5.46. The Balaban J connectivity index is 1.40. The van der Waals surface area contributed by atoms with Crippen LogP contribution in [0.15, 0.2) is 24.5 Å². The van der Waals surface area contributed by atoms with Crippen LogP contribution in [0, 0.1) is 0 Å². The van der Waals surface area contributed by atoms with Crippen molar-refractivity contribution in [1.29, 1.82) is 0 Å². The third-order valence-corrected chi connectivity index (χ3v) is 7.25. The zero-order valence-electron chi connectivity index (χ0n) is 20.9. The second-order valence-electron chi connectivity index (χ2n) is 9.71. The maximum atomic E-state index is 13.1. The minimum atomic E-state index is -0.878. The lowest BCUT2D eigenvalue weighted by Crippen LogP contribution is -2.48. The lowest BCUT2D eigenvalue weighted by molar-refractivity contribution is 0.0817. The Bertz CT molecular complexity index is 1270. The molecule has 11 heteroatoms. The Kier molecular flexibility index (Phi) is 6.38. The third kappa shape index (κ3) is 4.40. The van der Waals surface area contributed by atoms with E-state index < -0.39 is 6.09 Å². The summed E-state index contributed by atoms with van der Waals surface area (Å²) in [5.41, 5.74) is 4.33. The number of aromatic nitrogens is 4. The molecule has 0 radical (unpaired) electrons. The van der Waals surface area contributed by atoms with E-state index in [1.54, 1.807) is 31.4 Å². The molecule has 2 fully saturated rings. The van der Waals surface area contributed by atoms with Crippen molar-refractivity contribution in [2.75, 3.05) is 50.5 Å². The zero-order valence-corrected chi connectivity index (χ0v) is 20.9. The number of pyridine rings is 1. The lowest BCUT2D eigenvalue weighted by atomic mass is 9.96. The quantitative estimate of drug-likeness (QED) is 0.557. The van der Waals surface area contributed by atoms with Gasteiger partial charge in [-0.25, -0.2) is 19.7 Å². The molecule has 2 aliphatic rings. The highest BCUT2D eigenvalue weighted by Gasteiger charge is 2.31. The molecule has 1 aliphatic carbocycles. The van der Waals surface area contributed by atoms with E-state index in [0.29, 0.717) is 49.6 Å². The number of aryl methyl sites for hydroxylation is 1. The largest absolute Gasteiger partial charge is 0.465 e. The Hall–Kier alpha value is -3.89. The van der Waals surface area contributed by atoms with Crippen LogP contribution in [-0.2, 0) is 7.05 Å². The molecule has 3 aromatic rings. The number of hydrogen-bond donors (Lipinski definition) is 2. The van der Waals surface area contributed by atoms with Gasteiger partial charge in [-0.1, -0.05) is 12.8 Å². The van der Waals surface area contributed by atoms with Crippen LogP contribution in [0.2, 0.25) is 0 Å². The fourth-order valence-corrected chi connectivity index (χ4v) is 5.28. The molecule has 2 amide bonds. The van der Waals surface area contributed by atoms with Gasteiger partial charge in [0.15, 0.2) is 0 Å². The Morgan fingerprint density at radius 2 is 1.78 bits per heavy atom. The van der Waals surface area contributed by atoms with E-state index >= 15 is 0 Å². The summed E-state index contributed by atoms with van der Waals surface area (Å²) in [6.07, 6.45) is 7.11. The van der Waals surface area contributed by atoms with Gasteiger partial charge < -0.3 is 29.7 Å². The van der Waals surface area contributed by atoms with Gasteiger partial charge in [-0.05, 0) is 30.9 Å². The standard InChI is InChI=1S/C25H32N8O3/c1-30(2)23(34)22-20(16-6-4-5-7-16)21-18(31(22)3)15-27-24(29-21)28-19-9-8-17(14-26-19)32-10-12-33(13-11-32)25(35)36/h8-9,14-16H,4-7,10-13H2,1-3H3,(H,35,36)(H,26,27,28,29). The van der Waals surface area contributed by atoms with Crippen molar-refractivity contribution < 1.29 is 14.7 Å². The molecule has 4 heterocycles. The summed E-state index contributed by atoms with van der Waals surface area (Å²) < 4.78 is 1.92. The van der Waals surface area contributed by atoms with Crippen LogP contribution in [-0.4, -0.2) is 86.7 Å². The van der Waals surface area contributed by atoms with Gasteiger partial charge in [-0.15, -0.1) is 0 Å². The van der Waals surface area contributed by atoms with Gasteiger partial charge in [-0.3, -0.25) is 4.79 Å². The lowest BCUT2D eigenvalue weighted by Gasteiger charge is -2.34. The first-order valence-electron chi connectivity index (χ1n) is 12.4. The molecule has 0 unspecified atom stereocenters. The zero-order chi connectivity index (χ0) is 25.4. The molecule has 2 N–H and O–H groups in total. The highest BCUT2D eigenvalue weighted by molar-refractivity contribution is 6.01. The molecule has 3 aromatic heterocycles. The van der Waals surface area contributed by atoms with Gasteiger partial charge in [0.25, 0.3) is 5.91 Å². The Morgan fingerprint density at radius 1 is 1.06 bits per heavy atom. The van der Waals surface area contributed by atoms with E-state index in [-0.39, 0.29) is 5.91 Å². The Morgan fingerprint density at radius 3 is 2.39 bits per heavy atom. The molecule has 1 saturated carbocycles. The summed E-state index contributed by atoms with van der Waals surface area (Å²) in [6.45, 7) is 2.21. The predicted molar refractivity (Wildman–Crippen MR) is 137 cm³/mol. The second kappa shape index (κ2) is 9.63. The van der Waals surface area contributed by atoms with Crippen LogP contribution in [0.3, 0.4) is 0 Å². The summed E-state index contributed by atoms with van der Waals surface area (Å²) in [5, 5.41) is 12.3. The first kappa shape index (κ1) is 23.8. The smallest absolute Gasteiger partial charge is 0.407 e. The van der Waals surface area contributed by atoms with Crippen LogP contribution in [0.5, 0.6) is 0 Å². The molecule has 1 saturated heterocycles.